The SMILES string of the molecule is [2H]C1([2H])C[C@]2(CO2)[C@@H]([C@@]2(C)O[C@@H]2CC=C(C)C)[C@]([2H])(OC)C1=O. The van der Waals surface area contributed by atoms with Crippen LogP contribution >= 0.6 is 0 Å². The minimum Gasteiger partial charge on any atom is -0.373 e. The summed E-state index contributed by atoms with van der Waals surface area (Å²) in [4.78, 5) is 12.6. The molecule has 0 bridgehead atoms. The summed E-state index contributed by atoms with van der Waals surface area (Å²) in [5.41, 5.74) is -0.379. The average molecular weight is 283 g/mol. The predicted molar refractivity (Wildman–Crippen MR) is 74.5 cm³/mol. The minimum atomic E-state index is -2.12. The van der Waals surface area contributed by atoms with Crippen LogP contribution in [0.2, 0.25) is 0 Å². The first kappa shape index (κ1) is 10.9. The van der Waals surface area contributed by atoms with Crippen molar-refractivity contribution in [3.8, 4) is 0 Å². The third-order valence-electron chi connectivity index (χ3n) is 4.59. The van der Waals surface area contributed by atoms with Gasteiger partial charge in [-0.15, -0.1) is 0 Å². The van der Waals surface area contributed by atoms with Gasteiger partial charge in [-0.1, -0.05) is 11.6 Å². The van der Waals surface area contributed by atoms with Gasteiger partial charge >= 0.3 is 0 Å². The van der Waals surface area contributed by atoms with E-state index in [1.54, 1.807) is 0 Å². The van der Waals surface area contributed by atoms with Crippen LogP contribution in [0.5, 0.6) is 0 Å². The van der Waals surface area contributed by atoms with E-state index in [2.05, 4.69) is 6.08 Å². The number of carbonyl (C=O) groups excluding carboxylic acids is 1. The van der Waals surface area contributed by atoms with Crippen molar-refractivity contribution < 1.29 is 23.1 Å². The summed E-state index contributed by atoms with van der Waals surface area (Å²) in [5.74, 6) is -1.48. The van der Waals surface area contributed by atoms with Crippen molar-refractivity contribution in [2.75, 3.05) is 13.7 Å². The number of epoxide rings is 2. The van der Waals surface area contributed by atoms with Gasteiger partial charge in [0.2, 0.25) is 0 Å². The van der Waals surface area contributed by atoms with Crippen molar-refractivity contribution in [2.45, 2.75) is 63.4 Å². The van der Waals surface area contributed by atoms with Gasteiger partial charge in [-0.05, 0) is 33.6 Å². The molecule has 5 atom stereocenters. The number of hydrogen-bond acceptors (Lipinski definition) is 4. The van der Waals surface area contributed by atoms with Crippen molar-refractivity contribution in [1.82, 2.24) is 0 Å². The number of carbonyl (C=O) groups is 1. The normalized spacial score (nSPS) is 54.8. The van der Waals surface area contributed by atoms with E-state index >= 15 is 0 Å². The highest BCUT2D eigenvalue weighted by atomic mass is 16.6. The number of ketones is 1. The molecule has 20 heavy (non-hydrogen) atoms. The number of rotatable bonds is 4. The molecule has 1 aliphatic carbocycles. The zero-order chi connectivity index (χ0) is 17.3. The minimum absolute atomic E-state index is 0.0399. The molecule has 0 aromatic rings. The smallest absolute Gasteiger partial charge is 0.162 e. The predicted octanol–water partition coefficient (Wildman–Crippen LogP) is 2.26. The highest BCUT2D eigenvalue weighted by Crippen LogP contribution is 2.58. The monoisotopic (exact) mass is 283 g/mol. The summed E-state index contributed by atoms with van der Waals surface area (Å²) >= 11 is 0. The molecule has 3 fully saturated rings. The fraction of sp³-hybridized carbons (Fsp3) is 0.812. The van der Waals surface area contributed by atoms with Gasteiger partial charge in [0.15, 0.2) is 5.78 Å². The average Bonchev–Trinajstić information content (AvgIpc) is 3.33. The van der Waals surface area contributed by atoms with Gasteiger partial charge in [0, 0.05) is 16.2 Å². The van der Waals surface area contributed by atoms with Crippen LogP contribution in [0.3, 0.4) is 0 Å². The Hall–Kier alpha value is -0.710. The summed E-state index contributed by atoms with van der Waals surface area (Å²) in [6.45, 7) is 6.23. The zero-order valence-electron chi connectivity index (χ0n) is 15.5. The Kier molecular flexibility index (Phi) is 2.54. The molecule has 0 N–H and O–H groups in total. The van der Waals surface area contributed by atoms with Gasteiger partial charge < -0.3 is 14.2 Å². The fourth-order valence-electron chi connectivity index (χ4n) is 3.29. The first-order valence-electron chi connectivity index (χ1n) is 8.57. The summed E-state index contributed by atoms with van der Waals surface area (Å²) in [6.07, 6.45) is -1.50. The Morgan fingerprint density at radius 3 is 2.90 bits per heavy atom. The Morgan fingerprint density at radius 2 is 2.35 bits per heavy atom. The molecule has 0 amide bonds. The number of allylic oxidation sites excluding steroid dienone is 1. The van der Waals surface area contributed by atoms with Gasteiger partial charge in [-0.2, -0.15) is 0 Å². The first-order chi connectivity index (χ1) is 10.5. The molecule has 2 saturated heterocycles. The van der Waals surface area contributed by atoms with Gasteiger partial charge in [0.25, 0.3) is 0 Å². The van der Waals surface area contributed by atoms with Crippen LogP contribution in [-0.4, -0.2) is 42.9 Å². The van der Waals surface area contributed by atoms with E-state index in [1.165, 1.54) is 12.7 Å². The molecule has 0 unspecified atom stereocenters. The first-order valence-corrected chi connectivity index (χ1v) is 7.07. The molecule has 1 saturated carbocycles. The molecule has 4 nitrogen and oxygen atoms in total. The maximum absolute atomic E-state index is 12.6. The lowest BCUT2D eigenvalue weighted by Crippen LogP contribution is -2.52. The van der Waals surface area contributed by atoms with Crippen LogP contribution in [0.1, 0.15) is 44.1 Å². The maximum Gasteiger partial charge on any atom is 0.162 e. The van der Waals surface area contributed by atoms with Crippen molar-refractivity contribution >= 4 is 5.78 Å². The lowest BCUT2D eigenvalue weighted by atomic mass is 9.69. The molecule has 3 aliphatic rings. The third-order valence-corrected chi connectivity index (χ3v) is 4.59. The molecule has 0 aromatic carbocycles. The number of ether oxygens (including phenoxy) is 3. The van der Waals surface area contributed by atoms with Crippen molar-refractivity contribution in [2.24, 2.45) is 5.92 Å². The van der Waals surface area contributed by atoms with E-state index in [0.717, 1.165) is 0 Å². The molecule has 2 aliphatic heterocycles. The zero-order valence-corrected chi connectivity index (χ0v) is 12.5. The highest BCUT2D eigenvalue weighted by molar-refractivity contribution is 5.85. The third kappa shape index (κ3) is 2.14. The van der Waals surface area contributed by atoms with E-state index in [-0.39, 0.29) is 12.5 Å². The van der Waals surface area contributed by atoms with Gasteiger partial charge in [-0.3, -0.25) is 4.79 Å². The molecular weight excluding hydrogens is 256 g/mol. The summed E-state index contributed by atoms with van der Waals surface area (Å²) in [5, 5.41) is 0. The largest absolute Gasteiger partial charge is 0.373 e. The Balaban J connectivity index is 1.94. The number of Topliss-reactive ketones (excluding diaryl/α,β-unsaturated/α-hetero) is 1. The molecule has 3 rings (SSSR count). The lowest BCUT2D eigenvalue weighted by molar-refractivity contribution is -0.142. The van der Waals surface area contributed by atoms with E-state index < -0.39 is 35.4 Å². The van der Waals surface area contributed by atoms with Crippen LogP contribution in [0, 0.1) is 5.92 Å². The van der Waals surface area contributed by atoms with Crippen LogP contribution in [0.25, 0.3) is 0 Å². The molecular formula is C16H24O4. The molecule has 112 valence electrons. The number of methoxy groups -OCH3 is 1. The van der Waals surface area contributed by atoms with Crippen molar-refractivity contribution in [3.05, 3.63) is 11.6 Å². The molecule has 2 heterocycles. The molecule has 1 spiro atoms. The van der Waals surface area contributed by atoms with Crippen molar-refractivity contribution in [3.63, 3.8) is 0 Å². The second-order valence-corrected chi connectivity index (χ2v) is 6.35. The Morgan fingerprint density at radius 1 is 1.65 bits per heavy atom. The molecule has 0 radical (unpaired) electrons. The van der Waals surface area contributed by atoms with Crippen LogP contribution in [-0.2, 0) is 19.0 Å². The van der Waals surface area contributed by atoms with Crippen molar-refractivity contribution in [1.29, 1.82) is 0 Å². The maximum atomic E-state index is 12.6. The Bertz CT molecular complexity index is 568. The van der Waals surface area contributed by atoms with Crippen LogP contribution in [0.4, 0.5) is 0 Å². The van der Waals surface area contributed by atoms with E-state index in [1.807, 2.05) is 20.8 Å². The molecule has 4 heteroatoms. The van der Waals surface area contributed by atoms with E-state index in [4.69, 9.17) is 18.3 Å². The molecule has 0 aromatic heterocycles. The summed E-state index contributed by atoms with van der Waals surface area (Å²) in [6, 6.07) is 0. The van der Waals surface area contributed by atoms with Gasteiger partial charge in [0.05, 0.1) is 20.0 Å². The number of hydrogen-bond donors (Lipinski definition) is 0. The van der Waals surface area contributed by atoms with Gasteiger partial charge in [0.1, 0.15) is 17.3 Å². The lowest BCUT2D eigenvalue weighted by Gasteiger charge is -2.37. The summed E-state index contributed by atoms with van der Waals surface area (Å²) in [7, 11) is 1.28. The van der Waals surface area contributed by atoms with E-state index in [0.29, 0.717) is 13.0 Å². The van der Waals surface area contributed by atoms with Gasteiger partial charge in [-0.25, -0.2) is 0 Å². The fourth-order valence-corrected chi connectivity index (χ4v) is 3.29. The second-order valence-electron chi connectivity index (χ2n) is 6.35. The second kappa shape index (κ2) is 4.65. The van der Waals surface area contributed by atoms with E-state index in [9.17, 15) is 4.79 Å². The summed E-state index contributed by atoms with van der Waals surface area (Å²) < 4.78 is 41.3. The topological polar surface area (TPSA) is 51.4 Å². The quantitative estimate of drug-likeness (QED) is 0.586. The standard InChI is InChI=1S/C16H24O4/c1-10(2)5-6-12-15(3,20-12)14-13(18-4)11(17)7-8-16(14)9-19-16/h5,12-14H,6-9H2,1-4H3/t12-,13-,14-,15+,16+/m1/s1/i7D2,13D. The van der Waals surface area contributed by atoms with Crippen LogP contribution < -0.4 is 0 Å². The Labute approximate surface area is 124 Å². The van der Waals surface area contributed by atoms with Crippen LogP contribution in [0.15, 0.2) is 11.6 Å². The highest BCUT2D eigenvalue weighted by Gasteiger charge is 2.71.